The average Bonchev–Trinajstić information content (AvgIpc) is 2.81. The Morgan fingerprint density at radius 3 is 2.91 bits per heavy atom. The van der Waals surface area contributed by atoms with Gasteiger partial charge in [-0.2, -0.15) is 0 Å². The molecule has 0 radical (unpaired) electrons. The van der Waals surface area contributed by atoms with Crippen LogP contribution in [0, 0.1) is 0 Å². The topological polar surface area (TPSA) is 82.0 Å². The van der Waals surface area contributed by atoms with Crippen molar-refractivity contribution in [3.05, 3.63) is 27.2 Å². The van der Waals surface area contributed by atoms with Gasteiger partial charge in [0.15, 0.2) is 0 Å². The van der Waals surface area contributed by atoms with E-state index in [1.165, 1.54) is 0 Å². The molecule has 0 saturated carbocycles. The van der Waals surface area contributed by atoms with E-state index >= 15 is 0 Å². The number of ether oxygens (including phenoxy) is 1. The maximum absolute atomic E-state index is 11.1. The molecule has 1 saturated heterocycles. The number of aliphatic hydroxyl groups is 1. The first-order chi connectivity index (χ1) is 10.4. The number of halogens is 2. The van der Waals surface area contributed by atoms with Crippen molar-refractivity contribution < 1.29 is 19.7 Å². The number of aliphatic hydroxyl groups excluding tert-OH is 1. The van der Waals surface area contributed by atoms with Crippen LogP contribution in [0.25, 0.3) is 0 Å². The number of anilines is 1. The van der Waals surface area contributed by atoms with Gasteiger partial charge < -0.3 is 25.2 Å². The van der Waals surface area contributed by atoms with Crippen LogP contribution >= 0.6 is 27.5 Å². The van der Waals surface area contributed by atoms with Gasteiger partial charge in [0.05, 0.1) is 18.8 Å². The molecule has 1 aromatic carbocycles. The molecule has 0 aliphatic carbocycles. The second-order valence-corrected chi connectivity index (χ2v) is 6.65. The van der Waals surface area contributed by atoms with E-state index in [0.29, 0.717) is 24.5 Å². The highest BCUT2D eigenvalue weighted by Crippen LogP contribution is 2.35. The molecule has 1 fully saturated rings. The molecule has 122 valence electrons. The third-order valence-corrected chi connectivity index (χ3v) is 4.71. The van der Waals surface area contributed by atoms with E-state index < -0.39 is 11.6 Å². The zero-order valence-corrected chi connectivity index (χ0v) is 14.4. The number of carbonyl (C=O) groups is 1. The van der Waals surface area contributed by atoms with Crippen LogP contribution in [-0.4, -0.2) is 48.7 Å². The smallest absolute Gasteiger partial charge is 0.405 e. The standard InChI is InChI=1S/C14H18BrClN2O4/c1-22-8-14(17-13(20)21)2-3-18(7-14)12-5-9(16)4-11(15)10(12)6-19/h4-5,17,19H,2-3,6-8H2,1H3,(H,20,21). The minimum atomic E-state index is -1.08. The Bertz CT molecular complexity index is 572. The molecule has 6 nitrogen and oxygen atoms in total. The number of rotatable bonds is 5. The number of methoxy groups -OCH3 is 1. The number of amides is 1. The van der Waals surface area contributed by atoms with Crippen LogP contribution in [0.15, 0.2) is 16.6 Å². The van der Waals surface area contributed by atoms with Crippen molar-refractivity contribution in [3.63, 3.8) is 0 Å². The van der Waals surface area contributed by atoms with Crippen molar-refractivity contribution in [2.45, 2.75) is 18.6 Å². The number of carboxylic acid groups (broad SMARTS) is 1. The Labute approximate surface area is 142 Å². The second kappa shape index (κ2) is 7.04. The molecule has 1 unspecified atom stereocenters. The SMILES string of the molecule is COCC1(NC(=O)O)CCN(c2cc(Cl)cc(Br)c2CO)C1. The lowest BCUT2D eigenvalue weighted by Crippen LogP contribution is -2.53. The first kappa shape index (κ1) is 17.3. The molecule has 22 heavy (non-hydrogen) atoms. The summed E-state index contributed by atoms with van der Waals surface area (Å²) < 4.78 is 5.91. The monoisotopic (exact) mass is 392 g/mol. The maximum atomic E-state index is 11.1. The van der Waals surface area contributed by atoms with Gasteiger partial charge >= 0.3 is 6.09 Å². The van der Waals surface area contributed by atoms with Gasteiger partial charge in [-0.05, 0) is 18.6 Å². The minimum absolute atomic E-state index is 0.132. The second-order valence-electron chi connectivity index (χ2n) is 5.36. The summed E-state index contributed by atoms with van der Waals surface area (Å²) in [4.78, 5) is 13.1. The molecular formula is C14H18BrClN2O4. The fourth-order valence-corrected chi connectivity index (χ4v) is 3.79. The Morgan fingerprint density at radius 1 is 1.59 bits per heavy atom. The van der Waals surface area contributed by atoms with Gasteiger partial charge in [-0.1, -0.05) is 27.5 Å². The van der Waals surface area contributed by atoms with E-state index in [1.807, 2.05) is 4.90 Å². The normalized spacial score (nSPS) is 21.2. The summed E-state index contributed by atoms with van der Waals surface area (Å²) in [5.41, 5.74) is 0.863. The Kier molecular flexibility index (Phi) is 5.55. The van der Waals surface area contributed by atoms with Crippen molar-refractivity contribution in [1.82, 2.24) is 5.32 Å². The van der Waals surface area contributed by atoms with Crippen molar-refractivity contribution in [3.8, 4) is 0 Å². The fourth-order valence-electron chi connectivity index (χ4n) is 2.87. The molecule has 0 aromatic heterocycles. The van der Waals surface area contributed by atoms with E-state index in [1.54, 1.807) is 19.2 Å². The lowest BCUT2D eigenvalue weighted by Gasteiger charge is -2.29. The lowest BCUT2D eigenvalue weighted by atomic mass is 10.0. The summed E-state index contributed by atoms with van der Waals surface area (Å²) in [6.45, 7) is 1.25. The van der Waals surface area contributed by atoms with E-state index in [4.69, 9.17) is 21.4 Å². The summed E-state index contributed by atoms with van der Waals surface area (Å²) in [5, 5.41) is 21.8. The molecule has 0 spiro atoms. The van der Waals surface area contributed by atoms with Crippen molar-refractivity contribution in [2.24, 2.45) is 0 Å². The molecule has 1 amide bonds. The highest BCUT2D eigenvalue weighted by molar-refractivity contribution is 9.10. The van der Waals surface area contributed by atoms with E-state index in [2.05, 4.69) is 21.2 Å². The average molecular weight is 394 g/mol. The molecule has 8 heteroatoms. The number of hydrogen-bond donors (Lipinski definition) is 3. The predicted molar refractivity (Wildman–Crippen MR) is 87.7 cm³/mol. The molecule has 1 aliphatic rings. The number of benzene rings is 1. The molecule has 0 bridgehead atoms. The summed E-state index contributed by atoms with van der Waals surface area (Å²) in [6.07, 6.45) is -0.462. The maximum Gasteiger partial charge on any atom is 0.405 e. The van der Waals surface area contributed by atoms with E-state index in [9.17, 15) is 9.90 Å². The van der Waals surface area contributed by atoms with Gasteiger partial charge in [-0.3, -0.25) is 0 Å². The van der Waals surface area contributed by atoms with Gasteiger partial charge in [0.1, 0.15) is 0 Å². The number of hydrogen-bond acceptors (Lipinski definition) is 4. The minimum Gasteiger partial charge on any atom is -0.465 e. The lowest BCUT2D eigenvalue weighted by molar-refractivity contribution is 0.112. The van der Waals surface area contributed by atoms with E-state index in [0.717, 1.165) is 15.7 Å². The Balaban J connectivity index is 2.30. The van der Waals surface area contributed by atoms with Crippen LogP contribution < -0.4 is 10.2 Å². The van der Waals surface area contributed by atoms with Crippen LogP contribution in [0.3, 0.4) is 0 Å². The molecule has 1 atom stereocenters. The van der Waals surface area contributed by atoms with Gasteiger partial charge in [-0.15, -0.1) is 0 Å². The van der Waals surface area contributed by atoms with Crippen molar-refractivity contribution in [1.29, 1.82) is 0 Å². The van der Waals surface area contributed by atoms with Crippen LogP contribution in [0.5, 0.6) is 0 Å². The first-order valence-corrected chi connectivity index (χ1v) is 7.91. The molecular weight excluding hydrogens is 376 g/mol. The zero-order chi connectivity index (χ0) is 16.3. The first-order valence-electron chi connectivity index (χ1n) is 6.74. The van der Waals surface area contributed by atoms with E-state index in [-0.39, 0.29) is 13.2 Å². The van der Waals surface area contributed by atoms with Crippen LogP contribution in [0.1, 0.15) is 12.0 Å². The fraction of sp³-hybridized carbons (Fsp3) is 0.500. The van der Waals surface area contributed by atoms with Crippen LogP contribution in [-0.2, 0) is 11.3 Å². The summed E-state index contributed by atoms with van der Waals surface area (Å²) in [7, 11) is 1.54. The van der Waals surface area contributed by atoms with Crippen LogP contribution in [0.4, 0.5) is 10.5 Å². The summed E-state index contributed by atoms with van der Waals surface area (Å²) >= 11 is 9.50. The molecule has 1 aromatic rings. The quantitative estimate of drug-likeness (QED) is 0.716. The highest BCUT2D eigenvalue weighted by Gasteiger charge is 2.40. The molecule has 1 heterocycles. The Hall–Kier alpha value is -1.02. The largest absolute Gasteiger partial charge is 0.465 e. The van der Waals surface area contributed by atoms with Gasteiger partial charge in [0.2, 0.25) is 0 Å². The number of nitrogens with one attached hydrogen (secondary N) is 1. The number of nitrogens with zero attached hydrogens (tertiary/aromatic N) is 1. The van der Waals surface area contributed by atoms with Crippen molar-refractivity contribution >= 4 is 39.3 Å². The summed E-state index contributed by atoms with van der Waals surface area (Å²) in [5.74, 6) is 0. The van der Waals surface area contributed by atoms with Gasteiger partial charge in [0, 0.05) is 40.9 Å². The molecule has 3 N–H and O–H groups in total. The zero-order valence-electron chi connectivity index (χ0n) is 12.1. The van der Waals surface area contributed by atoms with Gasteiger partial charge in [0.25, 0.3) is 0 Å². The molecule has 2 rings (SSSR count). The molecule has 1 aliphatic heterocycles. The van der Waals surface area contributed by atoms with Gasteiger partial charge in [-0.25, -0.2) is 4.79 Å². The van der Waals surface area contributed by atoms with Crippen molar-refractivity contribution in [2.75, 3.05) is 31.7 Å². The Morgan fingerprint density at radius 2 is 2.32 bits per heavy atom. The predicted octanol–water partition coefficient (Wildman–Crippen LogP) is 2.46. The third kappa shape index (κ3) is 3.65. The van der Waals surface area contributed by atoms with Crippen LogP contribution in [0.2, 0.25) is 5.02 Å². The highest BCUT2D eigenvalue weighted by atomic mass is 79.9. The third-order valence-electron chi connectivity index (χ3n) is 3.78. The summed E-state index contributed by atoms with van der Waals surface area (Å²) in [6, 6.07) is 3.51.